The van der Waals surface area contributed by atoms with Crippen molar-refractivity contribution in [3.8, 4) is 0 Å². The van der Waals surface area contributed by atoms with Crippen LogP contribution in [0.25, 0.3) is 0 Å². The topological polar surface area (TPSA) is 12.0 Å². The number of rotatable bonds is 6. The zero-order chi connectivity index (χ0) is 15.2. The first kappa shape index (κ1) is 15.7. The SMILES string of the molecule is CNCCC(c1ccc(C(C)C)cc1)c1cccc(F)c1. The van der Waals surface area contributed by atoms with Gasteiger partial charge in [-0.3, -0.25) is 0 Å². The molecule has 21 heavy (non-hydrogen) atoms. The van der Waals surface area contributed by atoms with Gasteiger partial charge in [0.05, 0.1) is 0 Å². The maximum absolute atomic E-state index is 13.5. The van der Waals surface area contributed by atoms with Gasteiger partial charge in [-0.2, -0.15) is 0 Å². The third-order valence-electron chi connectivity index (χ3n) is 3.94. The summed E-state index contributed by atoms with van der Waals surface area (Å²) in [6, 6.07) is 15.7. The molecule has 0 fully saturated rings. The van der Waals surface area contributed by atoms with E-state index in [0.29, 0.717) is 5.92 Å². The van der Waals surface area contributed by atoms with E-state index in [0.717, 1.165) is 18.5 Å². The van der Waals surface area contributed by atoms with E-state index >= 15 is 0 Å². The van der Waals surface area contributed by atoms with Gasteiger partial charge in [-0.1, -0.05) is 50.2 Å². The molecule has 0 heterocycles. The fraction of sp³-hybridized carbons (Fsp3) is 0.368. The first-order valence-electron chi connectivity index (χ1n) is 7.61. The predicted octanol–water partition coefficient (Wildman–Crippen LogP) is 4.69. The normalized spacial score (nSPS) is 12.6. The van der Waals surface area contributed by atoms with Gasteiger partial charge in [0.15, 0.2) is 0 Å². The lowest BCUT2D eigenvalue weighted by atomic mass is 9.87. The van der Waals surface area contributed by atoms with Crippen LogP contribution in [0.3, 0.4) is 0 Å². The molecule has 0 saturated carbocycles. The summed E-state index contributed by atoms with van der Waals surface area (Å²) in [5.41, 5.74) is 3.63. The molecule has 0 amide bonds. The molecule has 1 atom stereocenters. The minimum atomic E-state index is -0.166. The van der Waals surface area contributed by atoms with Crippen LogP contribution in [0.15, 0.2) is 48.5 Å². The lowest BCUT2D eigenvalue weighted by Gasteiger charge is -2.19. The van der Waals surface area contributed by atoms with E-state index in [-0.39, 0.29) is 11.7 Å². The largest absolute Gasteiger partial charge is 0.320 e. The molecule has 0 aliphatic carbocycles. The van der Waals surface area contributed by atoms with Gasteiger partial charge in [-0.15, -0.1) is 0 Å². The van der Waals surface area contributed by atoms with Crippen LogP contribution in [0, 0.1) is 5.82 Å². The zero-order valence-electron chi connectivity index (χ0n) is 13.1. The van der Waals surface area contributed by atoms with Crippen LogP contribution in [0.2, 0.25) is 0 Å². The van der Waals surface area contributed by atoms with E-state index in [9.17, 15) is 4.39 Å². The molecule has 0 radical (unpaired) electrons. The van der Waals surface area contributed by atoms with Crippen LogP contribution in [-0.2, 0) is 0 Å². The maximum Gasteiger partial charge on any atom is 0.123 e. The highest BCUT2D eigenvalue weighted by molar-refractivity contribution is 5.35. The fourth-order valence-electron chi connectivity index (χ4n) is 2.65. The van der Waals surface area contributed by atoms with Crippen molar-refractivity contribution in [2.24, 2.45) is 0 Å². The van der Waals surface area contributed by atoms with Crippen LogP contribution in [-0.4, -0.2) is 13.6 Å². The highest BCUT2D eigenvalue weighted by atomic mass is 19.1. The van der Waals surface area contributed by atoms with Crippen molar-refractivity contribution in [3.05, 3.63) is 71.0 Å². The molecule has 1 unspecified atom stereocenters. The fourth-order valence-corrected chi connectivity index (χ4v) is 2.65. The Bertz CT molecular complexity index is 560. The molecule has 0 aromatic heterocycles. The Balaban J connectivity index is 2.31. The second kappa shape index (κ2) is 7.37. The van der Waals surface area contributed by atoms with E-state index < -0.39 is 0 Å². The second-order valence-electron chi connectivity index (χ2n) is 5.82. The van der Waals surface area contributed by atoms with Crippen LogP contribution >= 0.6 is 0 Å². The summed E-state index contributed by atoms with van der Waals surface area (Å²) in [6.45, 7) is 5.30. The Morgan fingerprint density at radius 1 is 0.952 bits per heavy atom. The Kier molecular flexibility index (Phi) is 5.51. The third kappa shape index (κ3) is 4.15. The van der Waals surface area contributed by atoms with E-state index in [2.05, 4.69) is 43.4 Å². The summed E-state index contributed by atoms with van der Waals surface area (Å²) in [6.07, 6.45) is 0.959. The highest BCUT2D eigenvalue weighted by Crippen LogP contribution is 2.29. The Morgan fingerprint density at radius 3 is 2.19 bits per heavy atom. The maximum atomic E-state index is 13.5. The van der Waals surface area contributed by atoms with Crippen LogP contribution in [0.5, 0.6) is 0 Å². The quantitative estimate of drug-likeness (QED) is 0.812. The summed E-state index contributed by atoms with van der Waals surface area (Å²) in [5.74, 6) is 0.596. The minimum Gasteiger partial charge on any atom is -0.320 e. The first-order valence-corrected chi connectivity index (χ1v) is 7.61. The first-order chi connectivity index (χ1) is 10.1. The number of nitrogens with one attached hydrogen (secondary N) is 1. The molecule has 0 aliphatic rings. The Hall–Kier alpha value is -1.67. The molecule has 2 aromatic rings. The predicted molar refractivity (Wildman–Crippen MR) is 87.3 cm³/mol. The Morgan fingerprint density at radius 2 is 1.62 bits per heavy atom. The molecule has 112 valence electrons. The van der Waals surface area contributed by atoms with Gasteiger partial charge in [0.1, 0.15) is 5.82 Å². The van der Waals surface area contributed by atoms with Crippen molar-refractivity contribution in [2.75, 3.05) is 13.6 Å². The average molecular weight is 285 g/mol. The van der Waals surface area contributed by atoms with Crippen molar-refractivity contribution < 1.29 is 4.39 Å². The number of hydrogen-bond donors (Lipinski definition) is 1. The van der Waals surface area contributed by atoms with Crippen molar-refractivity contribution in [1.82, 2.24) is 5.32 Å². The molecule has 0 spiro atoms. The molecule has 0 saturated heterocycles. The van der Waals surface area contributed by atoms with E-state index in [1.54, 1.807) is 12.1 Å². The summed E-state index contributed by atoms with van der Waals surface area (Å²) >= 11 is 0. The van der Waals surface area contributed by atoms with Gasteiger partial charge in [0.2, 0.25) is 0 Å². The third-order valence-corrected chi connectivity index (χ3v) is 3.94. The molecule has 0 aliphatic heterocycles. The second-order valence-corrected chi connectivity index (χ2v) is 5.82. The van der Waals surface area contributed by atoms with E-state index in [4.69, 9.17) is 0 Å². The molecule has 2 aromatic carbocycles. The minimum absolute atomic E-state index is 0.166. The molecular weight excluding hydrogens is 261 g/mol. The van der Waals surface area contributed by atoms with Gasteiger partial charge in [-0.05, 0) is 54.8 Å². The standard InChI is InChI=1S/C19H24FN/c1-14(2)15-7-9-16(10-8-15)19(11-12-21-3)17-5-4-6-18(20)13-17/h4-10,13-14,19,21H,11-12H2,1-3H3. The molecular formula is C19H24FN. The van der Waals surface area contributed by atoms with Crippen molar-refractivity contribution in [3.63, 3.8) is 0 Å². The molecule has 1 N–H and O–H groups in total. The van der Waals surface area contributed by atoms with Gasteiger partial charge < -0.3 is 5.32 Å². The Labute approximate surface area is 127 Å². The van der Waals surface area contributed by atoms with Crippen molar-refractivity contribution >= 4 is 0 Å². The van der Waals surface area contributed by atoms with Crippen LogP contribution < -0.4 is 5.32 Å². The van der Waals surface area contributed by atoms with Crippen LogP contribution in [0.1, 0.15) is 48.8 Å². The van der Waals surface area contributed by atoms with Gasteiger partial charge >= 0.3 is 0 Å². The zero-order valence-corrected chi connectivity index (χ0v) is 13.1. The summed E-state index contributed by atoms with van der Waals surface area (Å²) in [4.78, 5) is 0. The lowest BCUT2D eigenvalue weighted by Crippen LogP contribution is -2.13. The van der Waals surface area contributed by atoms with E-state index in [1.165, 1.54) is 17.2 Å². The number of hydrogen-bond acceptors (Lipinski definition) is 1. The van der Waals surface area contributed by atoms with Gasteiger partial charge in [0.25, 0.3) is 0 Å². The van der Waals surface area contributed by atoms with E-state index in [1.807, 2.05) is 13.1 Å². The van der Waals surface area contributed by atoms with Crippen molar-refractivity contribution in [1.29, 1.82) is 0 Å². The highest BCUT2D eigenvalue weighted by Gasteiger charge is 2.14. The summed E-state index contributed by atoms with van der Waals surface area (Å²) in [7, 11) is 1.95. The summed E-state index contributed by atoms with van der Waals surface area (Å²) in [5, 5.41) is 3.19. The lowest BCUT2D eigenvalue weighted by molar-refractivity contribution is 0.615. The molecule has 1 nitrogen and oxygen atoms in total. The molecule has 0 bridgehead atoms. The number of halogens is 1. The van der Waals surface area contributed by atoms with Crippen LogP contribution in [0.4, 0.5) is 4.39 Å². The monoisotopic (exact) mass is 285 g/mol. The average Bonchev–Trinajstić information content (AvgIpc) is 2.48. The van der Waals surface area contributed by atoms with Gasteiger partial charge in [-0.25, -0.2) is 4.39 Å². The number of benzene rings is 2. The van der Waals surface area contributed by atoms with Gasteiger partial charge in [0, 0.05) is 5.92 Å². The smallest absolute Gasteiger partial charge is 0.123 e. The molecule has 2 heteroatoms. The van der Waals surface area contributed by atoms with Crippen molar-refractivity contribution in [2.45, 2.75) is 32.1 Å². The summed E-state index contributed by atoms with van der Waals surface area (Å²) < 4.78 is 13.5. The molecule has 2 rings (SSSR count).